The van der Waals surface area contributed by atoms with Crippen molar-refractivity contribution in [2.45, 2.75) is 30.2 Å². The number of ether oxygens (including phenoxy) is 1. The van der Waals surface area contributed by atoms with Crippen LogP contribution >= 0.6 is 0 Å². The molecule has 1 aliphatic rings. The summed E-state index contributed by atoms with van der Waals surface area (Å²) in [6.07, 6.45) is 2.21. The van der Waals surface area contributed by atoms with E-state index in [1.54, 1.807) is 13.2 Å². The van der Waals surface area contributed by atoms with E-state index in [-0.39, 0.29) is 22.8 Å². The number of carbonyl (C=O) groups excluding carboxylic acids is 1. The molecule has 0 spiro atoms. The summed E-state index contributed by atoms with van der Waals surface area (Å²) < 4.78 is 31.3. The Morgan fingerprint density at radius 3 is 2.68 bits per heavy atom. The van der Waals surface area contributed by atoms with Gasteiger partial charge in [-0.25, -0.2) is 13.1 Å². The molecule has 2 atom stereocenters. The van der Waals surface area contributed by atoms with Crippen LogP contribution in [0, 0.1) is 5.92 Å². The zero-order valence-electron chi connectivity index (χ0n) is 14.5. The summed E-state index contributed by atoms with van der Waals surface area (Å²) in [5.74, 6) is -0.284. The van der Waals surface area contributed by atoms with E-state index in [0.717, 1.165) is 12.8 Å². The summed E-state index contributed by atoms with van der Waals surface area (Å²) >= 11 is 0. The number of carbonyl (C=O) groups is 1. The molecule has 1 aromatic carbocycles. The van der Waals surface area contributed by atoms with Crippen molar-refractivity contribution in [1.82, 2.24) is 4.72 Å². The maximum Gasteiger partial charge on any atom is 0.240 e. The van der Waals surface area contributed by atoms with Gasteiger partial charge in [-0.15, -0.1) is 0 Å². The van der Waals surface area contributed by atoms with E-state index >= 15 is 0 Å². The number of rotatable bonds is 8. The fourth-order valence-corrected chi connectivity index (χ4v) is 3.60. The molecule has 0 aromatic heterocycles. The lowest BCUT2D eigenvalue weighted by Crippen LogP contribution is -2.24. The first-order chi connectivity index (χ1) is 11.9. The molecule has 2 rings (SSSR count). The zero-order chi connectivity index (χ0) is 18.4. The second-order valence-corrected chi connectivity index (χ2v) is 7.98. The van der Waals surface area contributed by atoms with Crippen molar-refractivity contribution in [2.75, 3.05) is 37.9 Å². The van der Waals surface area contributed by atoms with Crippen molar-refractivity contribution >= 4 is 27.3 Å². The number of anilines is 2. The van der Waals surface area contributed by atoms with Gasteiger partial charge in [0.2, 0.25) is 15.9 Å². The molecule has 1 aromatic rings. The summed E-state index contributed by atoms with van der Waals surface area (Å²) in [6.45, 7) is 1.02. The average Bonchev–Trinajstić information content (AvgIpc) is 3.02. The lowest BCUT2D eigenvalue weighted by atomic mass is 10.1. The minimum Gasteiger partial charge on any atom is -0.383 e. The number of nitrogens with one attached hydrogen (secondary N) is 3. The first-order valence-corrected chi connectivity index (χ1v) is 9.72. The molecule has 0 heterocycles. The molecule has 8 nitrogen and oxygen atoms in total. The number of hydrogen-bond donors (Lipinski definition) is 4. The second-order valence-electron chi connectivity index (χ2n) is 6.09. The van der Waals surface area contributed by atoms with Crippen LogP contribution in [0.4, 0.5) is 11.4 Å². The number of hydrogen-bond acceptors (Lipinski definition) is 6. The molecule has 1 amide bonds. The van der Waals surface area contributed by atoms with Crippen LogP contribution in [0.5, 0.6) is 0 Å². The van der Waals surface area contributed by atoms with E-state index in [9.17, 15) is 13.2 Å². The van der Waals surface area contributed by atoms with Crippen LogP contribution in [0.3, 0.4) is 0 Å². The van der Waals surface area contributed by atoms with Crippen LogP contribution in [0.15, 0.2) is 23.1 Å². The van der Waals surface area contributed by atoms with Gasteiger partial charge in [-0.2, -0.15) is 0 Å². The molecule has 1 saturated carbocycles. The van der Waals surface area contributed by atoms with Gasteiger partial charge in [0, 0.05) is 25.6 Å². The molecule has 25 heavy (non-hydrogen) atoms. The van der Waals surface area contributed by atoms with E-state index in [1.165, 1.54) is 19.2 Å². The molecule has 2 unspecified atom stereocenters. The lowest BCUT2D eigenvalue weighted by molar-refractivity contribution is -0.119. The van der Waals surface area contributed by atoms with Crippen molar-refractivity contribution in [2.24, 2.45) is 11.7 Å². The van der Waals surface area contributed by atoms with Gasteiger partial charge < -0.3 is 21.1 Å². The molecular weight excluding hydrogens is 344 g/mol. The lowest BCUT2D eigenvalue weighted by Gasteiger charge is -2.17. The standard InChI is InChI=1S/C16H26N4O4S/c1-18-25(22,23)13-5-6-14(19-7-8-24-2)15(10-13)20-16(21)11-3-4-12(17)9-11/h5-6,10-12,18-19H,3-4,7-9,17H2,1-2H3,(H,20,21). The van der Waals surface area contributed by atoms with E-state index < -0.39 is 10.0 Å². The van der Waals surface area contributed by atoms with Gasteiger partial charge in [-0.05, 0) is 44.5 Å². The Morgan fingerprint density at radius 1 is 1.32 bits per heavy atom. The Bertz CT molecular complexity index is 708. The first-order valence-electron chi connectivity index (χ1n) is 8.24. The molecule has 5 N–H and O–H groups in total. The molecule has 0 saturated heterocycles. The Balaban J connectivity index is 2.23. The van der Waals surface area contributed by atoms with Crippen LogP contribution in [0.2, 0.25) is 0 Å². The second kappa shape index (κ2) is 8.61. The number of sulfonamides is 1. The summed E-state index contributed by atoms with van der Waals surface area (Å²) in [7, 11) is -0.661. The topological polar surface area (TPSA) is 123 Å². The monoisotopic (exact) mass is 370 g/mol. The molecule has 0 radical (unpaired) electrons. The van der Waals surface area contributed by atoms with E-state index in [0.29, 0.717) is 30.9 Å². The van der Waals surface area contributed by atoms with E-state index in [4.69, 9.17) is 10.5 Å². The third-order valence-corrected chi connectivity index (χ3v) is 5.71. The van der Waals surface area contributed by atoms with Gasteiger partial charge in [0.05, 0.1) is 22.9 Å². The summed E-state index contributed by atoms with van der Waals surface area (Å²) in [6, 6.07) is 4.62. The van der Waals surface area contributed by atoms with Gasteiger partial charge in [-0.1, -0.05) is 0 Å². The fourth-order valence-electron chi connectivity index (χ4n) is 2.84. The Labute approximate surface area is 148 Å². The van der Waals surface area contributed by atoms with Crippen molar-refractivity contribution < 1.29 is 17.9 Å². The molecule has 0 aliphatic heterocycles. The van der Waals surface area contributed by atoms with Gasteiger partial charge in [0.1, 0.15) is 0 Å². The molecule has 1 fully saturated rings. The Hall–Kier alpha value is -1.68. The number of nitrogens with two attached hydrogens (primary N) is 1. The summed E-state index contributed by atoms with van der Waals surface area (Å²) in [5, 5.41) is 5.98. The summed E-state index contributed by atoms with van der Waals surface area (Å²) in [5.41, 5.74) is 6.94. The predicted octanol–water partition coefficient (Wildman–Crippen LogP) is 0.719. The smallest absolute Gasteiger partial charge is 0.240 e. The minimum absolute atomic E-state index is 0.0473. The van der Waals surface area contributed by atoms with E-state index in [2.05, 4.69) is 15.4 Å². The normalized spacial score (nSPS) is 20.4. The van der Waals surface area contributed by atoms with Crippen molar-refractivity contribution in [1.29, 1.82) is 0 Å². The van der Waals surface area contributed by atoms with Crippen LogP contribution in [-0.4, -0.2) is 47.7 Å². The van der Waals surface area contributed by atoms with Crippen molar-refractivity contribution in [3.63, 3.8) is 0 Å². The maximum atomic E-state index is 12.5. The highest BCUT2D eigenvalue weighted by Crippen LogP contribution is 2.29. The molecule has 140 valence electrons. The summed E-state index contributed by atoms with van der Waals surface area (Å²) in [4.78, 5) is 12.6. The van der Waals surface area contributed by atoms with Gasteiger partial charge >= 0.3 is 0 Å². The average molecular weight is 370 g/mol. The molecular formula is C16H26N4O4S. The maximum absolute atomic E-state index is 12.5. The van der Waals surface area contributed by atoms with Crippen LogP contribution < -0.4 is 21.1 Å². The third-order valence-electron chi connectivity index (χ3n) is 4.29. The van der Waals surface area contributed by atoms with Gasteiger partial charge in [-0.3, -0.25) is 4.79 Å². The Kier molecular flexibility index (Phi) is 6.77. The molecule has 0 bridgehead atoms. The highest BCUT2D eigenvalue weighted by molar-refractivity contribution is 7.89. The Morgan fingerprint density at radius 2 is 2.08 bits per heavy atom. The minimum atomic E-state index is -3.60. The van der Waals surface area contributed by atoms with Crippen LogP contribution in [-0.2, 0) is 19.6 Å². The molecule has 9 heteroatoms. The third kappa shape index (κ3) is 5.15. The van der Waals surface area contributed by atoms with Crippen LogP contribution in [0.1, 0.15) is 19.3 Å². The zero-order valence-corrected chi connectivity index (χ0v) is 15.4. The number of methoxy groups -OCH3 is 1. The number of amides is 1. The quantitative estimate of drug-likeness (QED) is 0.500. The van der Waals surface area contributed by atoms with Crippen LogP contribution in [0.25, 0.3) is 0 Å². The SMILES string of the molecule is CNS(=O)(=O)c1ccc(NCCOC)c(NC(=O)C2CCC(N)C2)c1. The van der Waals surface area contributed by atoms with Gasteiger partial charge in [0.25, 0.3) is 0 Å². The van der Waals surface area contributed by atoms with Crippen molar-refractivity contribution in [3.8, 4) is 0 Å². The van der Waals surface area contributed by atoms with Crippen molar-refractivity contribution in [3.05, 3.63) is 18.2 Å². The highest BCUT2D eigenvalue weighted by Gasteiger charge is 2.28. The fraction of sp³-hybridized carbons (Fsp3) is 0.562. The van der Waals surface area contributed by atoms with Gasteiger partial charge in [0.15, 0.2) is 0 Å². The molecule has 1 aliphatic carbocycles. The van der Waals surface area contributed by atoms with E-state index in [1.807, 2.05) is 0 Å². The first kappa shape index (κ1) is 19.6. The number of benzene rings is 1. The highest BCUT2D eigenvalue weighted by atomic mass is 32.2. The largest absolute Gasteiger partial charge is 0.383 e. The predicted molar refractivity (Wildman–Crippen MR) is 97.0 cm³/mol.